The molecule has 1 aliphatic heterocycles. The quantitative estimate of drug-likeness (QED) is 0.575. The van der Waals surface area contributed by atoms with E-state index in [2.05, 4.69) is 0 Å². The summed E-state index contributed by atoms with van der Waals surface area (Å²) in [4.78, 5) is 12.4. The van der Waals surface area contributed by atoms with Crippen molar-refractivity contribution in [3.63, 3.8) is 0 Å². The van der Waals surface area contributed by atoms with Crippen LogP contribution in [0.1, 0.15) is 0 Å². The van der Waals surface area contributed by atoms with E-state index in [0.29, 0.717) is 0 Å². The molecule has 3 N–H and O–H groups in total. The molecule has 0 aromatic carbocycles. The van der Waals surface area contributed by atoms with E-state index in [-0.39, 0.29) is 13.1 Å². The van der Waals surface area contributed by atoms with Crippen LogP contribution in [-0.4, -0.2) is 65.6 Å². The highest BCUT2D eigenvalue weighted by molar-refractivity contribution is 5.78. The van der Waals surface area contributed by atoms with Crippen molar-refractivity contribution in [3.05, 3.63) is 0 Å². The molecule has 2 unspecified atom stereocenters. The van der Waals surface area contributed by atoms with Crippen molar-refractivity contribution in [2.24, 2.45) is 0 Å². The number of alkyl halides is 3. The van der Waals surface area contributed by atoms with Gasteiger partial charge in [-0.05, 0) is 0 Å². The number of β-amino-alcohol motifs (C(OH)–C–C–N with tert-alkyl or cyclic N) is 2. The molecule has 0 aliphatic carbocycles. The standard InChI is InChI=1S/C8H13F3N2O3/c9-8(10,11)4-12-1-7(16)13-2-5(14)6(15)3-13/h5-6,12,14-15H,1-4H2. The number of amides is 1. The summed E-state index contributed by atoms with van der Waals surface area (Å²) in [5.74, 6) is -0.570. The second kappa shape index (κ2) is 4.98. The lowest BCUT2D eigenvalue weighted by Gasteiger charge is -2.16. The third-order valence-corrected chi connectivity index (χ3v) is 2.21. The molecule has 2 atom stereocenters. The summed E-state index contributed by atoms with van der Waals surface area (Å²) in [6.07, 6.45) is -6.40. The number of aliphatic hydroxyl groups excluding tert-OH is 2. The molecular weight excluding hydrogens is 229 g/mol. The molecule has 1 rings (SSSR count). The normalized spacial score (nSPS) is 26.2. The van der Waals surface area contributed by atoms with Gasteiger partial charge in [0, 0.05) is 13.1 Å². The molecule has 0 bridgehead atoms. The van der Waals surface area contributed by atoms with E-state index in [1.54, 1.807) is 0 Å². The maximum absolute atomic E-state index is 11.7. The zero-order valence-corrected chi connectivity index (χ0v) is 8.37. The molecule has 5 nitrogen and oxygen atoms in total. The molecule has 8 heteroatoms. The Morgan fingerprint density at radius 2 is 1.81 bits per heavy atom. The first-order valence-electron chi connectivity index (χ1n) is 4.71. The monoisotopic (exact) mass is 242 g/mol. The minimum Gasteiger partial charge on any atom is -0.388 e. The summed E-state index contributed by atoms with van der Waals surface area (Å²) in [6.45, 7) is -1.79. The molecule has 1 fully saturated rings. The van der Waals surface area contributed by atoms with Gasteiger partial charge in [0.25, 0.3) is 0 Å². The van der Waals surface area contributed by atoms with Gasteiger partial charge in [0.15, 0.2) is 0 Å². The first-order chi connectivity index (χ1) is 7.29. The topological polar surface area (TPSA) is 72.8 Å². The number of rotatable bonds is 3. The number of aliphatic hydroxyl groups is 2. The zero-order chi connectivity index (χ0) is 12.3. The smallest absolute Gasteiger partial charge is 0.388 e. The average Bonchev–Trinajstić information content (AvgIpc) is 2.45. The predicted octanol–water partition coefficient (Wildman–Crippen LogP) is -1.30. The van der Waals surface area contributed by atoms with Gasteiger partial charge in [-0.3, -0.25) is 4.79 Å². The minimum atomic E-state index is -4.36. The van der Waals surface area contributed by atoms with Crippen molar-refractivity contribution < 1.29 is 28.2 Å². The van der Waals surface area contributed by atoms with Crippen molar-refractivity contribution >= 4 is 5.91 Å². The van der Waals surface area contributed by atoms with E-state index in [1.807, 2.05) is 5.32 Å². The van der Waals surface area contributed by atoms with Gasteiger partial charge in [-0.15, -0.1) is 0 Å². The lowest BCUT2D eigenvalue weighted by atomic mass is 10.3. The van der Waals surface area contributed by atoms with Crippen LogP contribution >= 0.6 is 0 Å². The Kier molecular flexibility index (Phi) is 4.11. The van der Waals surface area contributed by atoms with E-state index < -0.39 is 37.4 Å². The third kappa shape index (κ3) is 3.95. The van der Waals surface area contributed by atoms with Crippen LogP contribution in [0, 0.1) is 0 Å². The first-order valence-corrected chi connectivity index (χ1v) is 4.71. The second-order valence-corrected chi connectivity index (χ2v) is 3.65. The fourth-order valence-electron chi connectivity index (χ4n) is 1.40. The van der Waals surface area contributed by atoms with Crippen LogP contribution in [0.3, 0.4) is 0 Å². The maximum Gasteiger partial charge on any atom is 0.401 e. The van der Waals surface area contributed by atoms with Gasteiger partial charge in [0.05, 0.1) is 25.3 Å². The number of nitrogens with one attached hydrogen (secondary N) is 1. The van der Waals surface area contributed by atoms with Crippen molar-refractivity contribution in [2.45, 2.75) is 18.4 Å². The highest BCUT2D eigenvalue weighted by Gasteiger charge is 2.33. The number of halogens is 3. The van der Waals surface area contributed by atoms with E-state index in [1.165, 1.54) is 0 Å². The fourth-order valence-corrected chi connectivity index (χ4v) is 1.40. The highest BCUT2D eigenvalue weighted by atomic mass is 19.4. The molecule has 16 heavy (non-hydrogen) atoms. The Labute approximate surface area is 89.8 Å². The van der Waals surface area contributed by atoms with Gasteiger partial charge in [-0.25, -0.2) is 0 Å². The number of hydrogen-bond donors (Lipinski definition) is 3. The Hall–Kier alpha value is -0.860. The molecule has 1 saturated heterocycles. The van der Waals surface area contributed by atoms with E-state index in [4.69, 9.17) is 10.2 Å². The molecule has 1 heterocycles. The Morgan fingerprint density at radius 3 is 2.25 bits per heavy atom. The highest BCUT2D eigenvalue weighted by Crippen LogP contribution is 2.12. The molecule has 94 valence electrons. The van der Waals surface area contributed by atoms with Crippen LogP contribution in [0.15, 0.2) is 0 Å². The molecule has 0 aromatic heterocycles. The van der Waals surface area contributed by atoms with Gasteiger partial charge in [0.2, 0.25) is 5.91 Å². The first kappa shape index (κ1) is 13.2. The Bertz CT molecular complexity index is 249. The molecule has 1 aliphatic rings. The van der Waals surface area contributed by atoms with Crippen molar-refractivity contribution in [2.75, 3.05) is 26.2 Å². The SMILES string of the molecule is O=C(CNCC(F)(F)F)N1CC(O)C(O)C1. The van der Waals surface area contributed by atoms with Crippen LogP contribution in [-0.2, 0) is 4.79 Å². The molecule has 0 saturated carbocycles. The summed E-state index contributed by atoms with van der Waals surface area (Å²) in [7, 11) is 0. The van der Waals surface area contributed by atoms with E-state index >= 15 is 0 Å². The predicted molar refractivity (Wildman–Crippen MR) is 47.5 cm³/mol. The lowest BCUT2D eigenvalue weighted by molar-refractivity contribution is -0.133. The fraction of sp³-hybridized carbons (Fsp3) is 0.875. The van der Waals surface area contributed by atoms with Gasteiger partial charge >= 0.3 is 6.18 Å². The molecule has 0 spiro atoms. The number of carbonyl (C=O) groups is 1. The maximum atomic E-state index is 11.7. The average molecular weight is 242 g/mol. The number of carbonyl (C=O) groups excluding carboxylic acids is 1. The van der Waals surface area contributed by atoms with Crippen molar-refractivity contribution in [1.29, 1.82) is 0 Å². The summed E-state index contributed by atoms with van der Waals surface area (Å²) in [5, 5.41) is 20.2. The largest absolute Gasteiger partial charge is 0.401 e. The van der Waals surface area contributed by atoms with Crippen LogP contribution in [0.2, 0.25) is 0 Å². The molecular formula is C8H13F3N2O3. The van der Waals surface area contributed by atoms with Crippen molar-refractivity contribution in [1.82, 2.24) is 10.2 Å². The van der Waals surface area contributed by atoms with Crippen LogP contribution < -0.4 is 5.32 Å². The third-order valence-electron chi connectivity index (χ3n) is 2.21. The summed E-state index contributed by atoms with van der Waals surface area (Å²) < 4.78 is 35.2. The van der Waals surface area contributed by atoms with Gasteiger partial charge in [0.1, 0.15) is 0 Å². The zero-order valence-electron chi connectivity index (χ0n) is 8.37. The Morgan fingerprint density at radius 1 is 1.31 bits per heavy atom. The second-order valence-electron chi connectivity index (χ2n) is 3.65. The summed E-state index contributed by atoms with van der Waals surface area (Å²) >= 11 is 0. The number of nitrogens with zero attached hydrogens (tertiary/aromatic N) is 1. The van der Waals surface area contributed by atoms with Gasteiger partial charge in [-0.2, -0.15) is 13.2 Å². The van der Waals surface area contributed by atoms with Crippen LogP contribution in [0.5, 0.6) is 0 Å². The molecule has 0 radical (unpaired) electrons. The minimum absolute atomic E-state index is 0.0479. The Balaban J connectivity index is 2.26. The van der Waals surface area contributed by atoms with Gasteiger partial charge < -0.3 is 20.4 Å². The number of likely N-dealkylation sites (tertiary alicyclic amines) is 1. The lowest BCUT2D eigenvalue weighted by Crippen LogP contribution is -2.40. The number of hydrogen-bond acceptors (Lipinski definition) is 4. The molecule has 0 aromatic rings. The van der Waals surface area contributed by atoms with E-state index in [9.17, 15) is 18.0 Å². The van der Waals surface area contributed by atoms with Gasteiger partial charge in [-0.1, -0.05) is 0 Å². The van der Waals surface area contributed by atoms with Crippen LogP contribution in [0.25, 0.3) is 0 Å². The summed E-state index contributed by atoms with van der Waals surface area (Å²) in [5.41, 5.74) is 0. The van der Waals surface area contributed by atoms with Crippen LogP contribution in [0.4, 0.5) is 13.2 Å². The van der Waals surface area contributed by atoms with Crippen molar-refractivity contribution in [3.8, 4) is 0 Å². The van der Waals surface area contributed by atoms with E-state index in [0.717, 1.165) is 4.90 Å². The molecule has 1 amide bonds. The summed E-state index contributed by atoms with van der Waals surface area (Å²) in [6, 6.07) is 0.